The Morgan fingerprint density at radius 1 is 1.44 bits per heavy atom. The van der Waals surface area contributed by atoms with E-state index < -0.39 is 0 Å². The van der Waals surface area contributed by atoms with Crippen molar-refractivity contribution in [3.8, 4) is 0 Å². The molecule has 1 aromatic rings. The van der Waals surface area contributed by atoms with E-state index >= 15 is 0 Å². The molecule has 1 saturated heterocycles. The van der Waals surface area contributed by atoms with E-state index in [4.69, 9.17) is 4.74 Å². The van der Waals surface area contributed by atoms with Gasteiger partial charge in [0, 0.05) is 37.1 Å². The summed E-state index contributed by atoms with van der Waals surface area (Å²) in [5, 5.41) is 10.1. The maximum Gasteiger partial charge on any atom is 0.317 e. The van der Waals surface area contributed by atoms with Gasteiger partial charge in [-0.1, -0.05) is 27.2 Å². The number of carbonyl (C=O) groups excluding carboxylic acids is 1. The van der Waals surface area contributed by atoms with Crippen molar-refractivity contribution in [1.82, 2.24) is 25.4 Å². The zero-order valence-corrected chi connectivity index (χ0v) is 15.6. The number of likely N-dealkylation sites (tertiary alicyclic amines) is 1. The number of hydrogen-bond acceptors (Lipinski definition) is 4. The number of aromatic nitrogens is 3. The normalized spacial score (nSPS) is 26.3. The van der Waals surface area contributed by atoms with E-state index in [2.05, 4.69) is 41.3 Å². The Balaban J connectivity index is 1.43. The second-order valence-corrected chi connectivity index (χ2v) is 7.90. The molecule has 0 bridgehead atoms. The third-order valence-electron chi connectivity index (χ3n) is 5.89. The highest BCUT2D eigenvalue weighted by Gasteiger charge is 2.50. The molecule has 2 heterocycles. The monoisotopic (exact) mass is 349 g/mol. The first-order valence-corrected chi connectivity index (χ1v) is 9.54. The number of piperidine rings is 1. The van der Waals surface area contributed by atoms with Crippen molar-refractivity contribution in [3.05, 3.63) is 12.2 Å². The fourth-order valence-electron chi connectivity index (χ4n) is 3.79. The molecular formula is C18H31N5O2. The quantitative estimate of drug-likeness (QED) is 0.774. The number of hydrogen-bond donors (Lipinski definition) is 2. The van der Waals surface area contributed by atoms with Crippen LogP contribution in [0.3, 0.4) is 0 Å². The smallest absolute Gasteiger partial charge is 0.317 e. The number of amides is 2. The van der Waals surface area contributed by atoms with Crippen LogP contribution in [0.1, 0.15) is 64.6 Å². The van der Waals surface area contributed by atoms with Gasteiger partial charge in [-0.25, -0.2) is 9.78 Å². The first-order chi connectivity index (χ1) is 12.0. The fourth-order valence-corrected chi connectivity index (χ4v) is 3.79. The maximum absolute atomic E-state index is 12.6. The Bertz CT molecular complexity index is 552. The average molecular weight is 349 g/mol. The number of ether oxygens (including phenoxy) is 1. The van der Waals surface area contributed by atoms with Gasteiger partial charge < -0.3 is 15.0 Å². The van der Waals surface area contributed by atoms with E-state index in [1.165, 1.54) is 0 Å². The first kappa shape index (κ1) is 18.2. The van der Waals surface area contributed by atoms with Gasteiger partial charge in [0.2, 0.25) is 0 Å². The zero-order chi connectivity index (χ0) is 17.9. The summed E-state index contributed by atoms with van der Waals surface area (Å²) >= 11 is 0. The second-order valence-electron chi connectivity index (χ2n) is 7.90. The van der Waals surface area contributed by atoms with Gasteiger partial charge in [0.15, 0.2) is 0 Å². The Morgan fingerprint density at radius 3 is 2.80 bits per heavy atom. The largest absolute Gasteiger partial charge is 0.378 e. The summed E-state index contributed by atoms with van der Waals surface area (Å²) in [7, 11) is 0. The molecule has 0 radical (unpaired) electrons. The number of aromatic amines is 1. The fraction of sp³-hybridized carbons (Fsp3) is 0.833. The Kier molecular flexibility index (Phi) is 5.61. The summed E-state index contributed by atoms with van der Waals surface area (Å²) in [5.41, 5.74) is 0.00155. The molecule has 7 nitrogen and oxygen atoms in total. The molecule has 0 aromatic carbocycles. The highest BCUT2D eigenvalue weighted by Crippen LogP contribution is 2.43. The van der Waals surface area contributed by atoms with E-state index in [1.54, 1.807) is 6.33 Å². The minimum Gasteiger partial charge on any atom is -0.378 e. The van der Waals surface area contributed by atoms with Crippen LogP contribution >= 0.6 is 0 Å². The van der Waals surface area contributed by atoms with Crippen LogP contribution in [-0.2, 0) is 4.74 Å². The third-order valence-corrected chi connectivity index (χ3v) is 5.89. The van der Waals surface area contributed by atoms with Crippen molar-refractivity contribution in [3.63, 3.8) is 0 Å². The van der Waals surface area contributed by atoms with Gasteiger partial charge in [0.1, 0.15) is 12.2 Å². The molecule has 1 aliphatic heterocycles. The predicted molar refractivity (Wildman–Crippen MR) is 95.3 cm³/mol. The lowest BCUT2D eigenvalue weighted by Crippen LogP contribution is -2.63. The van der Waals surface area contributed by atoms with E-state index in [9.17, 15) is 4.79 Å². The number of unbranched alkanes of at least 4 members (excludes halogenated alkanes) is 1. The molecule has 2 fully saturated rings. The van der Waals surface area contributed by atoms with E-state index in [0.717, 1.165) is 57.6 Å². The SMILES string of the molecule is CCCCO[C@@H]1C[C@H](NC(=O)N2CCC(c3ncn[nH]3)CC2)C1(C)C. The van der Waals surface area contributed by atoms with Crippen molar-refractivity contribution in [2.75, 3.05) is 19.7 Å². The second kappa shape index (κ2) is 7.72. The van der Waals surface area contributed by atoms with E-state index in [1.807, 2.05) is 4.90 Å². The molecule has 0 spiro atoms. The highest BCUT2D eigenvalue weighted by molar-refractivity contribution is 5.75. The van der Waals surface area contributed by atoms with Gasteiger partial charge in [-0.3, -0.25) is 5.10 Å². The highest BCUT2D eigenvalue weighted by atomic mass is 16.5. The van der Waals surface area contributed by atoms with Crippen molar-refractivity contribution >= 4 is 6.03 Å². The Labute approximate surface area is 149 Å². The Morgan fingerprint density at radius 2 is 2.20 bits per heavy atom. The average Bonchev–Trinajstić information content (AvgIpc) is 3.15. The van der Waals surface area contributed by atoms with Crippen molar-refractivity contribution in [2.45, 2.75) is 70.9 Å². The Hall–Kier alpha value is -1.63. The zero-order valence-electron chi connectivity index (χ0n) is 15.6. The maximum atomic E-state index is 12.6. The van der Waals surface area contributed by atoms with Crippen LogP contribution in [0.5, 0.6) is 0 Å². The minimum atomic E-state index is 0.00155. The van der Waals surface area contributed by atoms with Crippen molar-refractivity contribution in [2.24, 2.45) is 5.41 Å². The number of rotatable bonds is 6. The summed E-state index contributed by atoms with van der Waals surface area (Å²) in [6, 6.07) is 0.250. The van der Waals surface area contributed by atoms with Crippen LogP contribution in [-0.4, -0.2) is 58.0 Å². The molecule has 1 aromatic heterocycles. The lowest BCUT2D eigenvalue weighted by Gasteiger charge is -2.52. The number of carbonyl (C=O) groups is 1. The lowest BCUT2D eigenvalue weighted by molar-refractivity contribution is -0.115. The topological polar surface area (TPSA) is 83.1 Å². The molecule has 1 aliphatic carbocycles. The van der Waals surface area contributed by atoms with Gasteiger partial charge in [0.05, 0.1) is 6.10 Å². The number of nitrogens with one attached hydrogen (secondary N) is 2. The van der Waals surface area contributed by atoms with E-state index in [0.29, 0.717) is 5.92 Å². The third kappa shape index (κ3) is 3.97. The number of urea groups is 1. The molecule has 3 rings (SSSR count). The molecule has 2 atom stereocenters. The van der Waals surface area contributed by atoms with Gasteiger partial charge in [-0.15, -0.1) is 0 Å². The molecule has 2 amide bonds. The van der Waals surface area contributed by atoms with Gasteiger partial charge in [-0.2, -0.15) is 5.10 Å². The van der Waals surface area contributed by atoms with Crippen LogP contribution in [0, 0.1) is 5.41 Å². The molecule has 0 unspecified atom stereocenters. The summed E-state index contributed by atoms with van der Waals surface area (Å²) in [6.07, 6.45) is 6.82. The van der Waals surface area contributed by atoms with Crippen LogP contribution in [0.2, 0.25) is 0 Å². The molecule has 2 N–H and O–H groups in total. The summed E-state index contributed by atoms with van der Waals surface area (Å²) in [6.45, 7) is 8.90. The number of nitrogens with zero attached hydrogens (tertiary/aromatic N) is 3. The summed E-state index contributed by atoms with van der Waals surface area (Å²) in [5.74, 6) is 1.32. The molecule has 1 saturated carbocycles. The molecule has 25 heavy (non-hydrogen) atoms. The van der Waals surface area contributed by atoms with Crippen LogP contribution < -0.4 is 5.32 Å². The lowest BCUT2D eigenvalue weighted by atomic mass is 9.64. The van der Waals surface area contributed by atoms with Gasteiger partial charge in [-0.05, 0) is 25.7 Å². The minimum absolute atomic E-state index is 0.00155. The molecule has 140 valence electrons. The van der Waals surface area contributed by atoms with Gasteiger partial charge in [0.25, 0.3) is 0 Å². The van der Waals surface area contributed by atoms with Crippen molar-refractivity contribution < 1.29 is 9.53 Å². The predicted octanol–water partition coefficient (Wildman–Crippen LogP) is 2.68. The molecule has 2 aliphatic rings. The summed E-state index contributed by atoms with van der Waals surface area (Å²) in [4.78, 5) is 18.8. The molecule has 7 heteroatoms. The van der Waals surface area contributed by atoms with Gasteiger partial charge >= 0.3 is 6.03 Å². The van der Waals surface area contributed by atoms with Crippen molar-refractivity contribution in [1.29, 1.82) is 0 Å². The summed E-state index contributed by atoms with van der Waals surface area (Å²) < 4.78 is 5.97. The first-order valence-electron chi connectivity index (χ1n) is 9.54. The van der Waals surface area contributed by atoms with Crippen LogP contribution in [0.4, 0.5) is 4.79 Å². The van der Waals surface area contributed by atoms with Crippen LogP contribution in [0.15, 0.2) is 6.33 Å². The van der Waals surface area contributed by atoms with E-state index in [-0.39, 0.29) is 23.6 Å². The molecular weight excluding hydrogens is 318 g/mol. The van der Waals surface area contributed by atoms with Crippen LogP contribution in [0.25, 0.3) is 0 Å². The standard InChI is InChI=1S/C18H31N5O2/c1-4-5-10-25-15-11-14(18(15,2)3)21-17(24)23-8-6-13(7-9-23)16-19-12-20-22-16/h12-15H,4-11H2,1-3H3,(H,21,24)(H,19,20,22)/t14-,15+/m0/s1. The number of H-pyrrole nitrogens is 1.